The molecule has 1 rings (SSSR count). The molecule has 0 unspecified atom stereocenters. The van der Waals surface area contributed by atoms with Gasteiger partial charge in [0.05, 0.1) is 0 Å². The SMILES string of the molecule is CCCCCCCCCC(=O)Nc1ccc(C(N)=O)cc1. The van der Waals surface area contributed by atoms with Crippen LogP contribution in [-0.2, 0) is 4.79 Å². The van der Waals surface area contributed by atoms with Crippen molar-refractivity contribution in [3.05, 3.63) is 29.8 Å². The number of nitrogens with one attached hydrogen (secondary N) is 1. The minimum atomic E-state index is -0.462. The Morgan fingerprint density at radius 1 is 0.952 bits per heavy atom. The molecule has 4 nitrogen and oxygen atoms in total. The summed E-state index contributed by atoms with van der Waals surface area (Å²) in [5.41, 5.74) is 6.31. The van der Waals surface area contributed by atoms with E-state index in [0.29, 0.717) is 17.7 Å². The molecule has 0 radical (unpaired) electrons. The summed E-state index contributed by atoms with van der Waals surface area (Å²) in [7, 11) is 0. The number of nitrogens with two attached hydrogens (primary N) is 1. The van der Waals surface area contributed by atoms with Crippen LogP contribution in [0.15, 0.2) is 24.3 Å². The van der Waals surface area contributed by atoms with E-state index < -0.39 is 5.91 Å². The standard InChI is InChI=1S/C17H26N2O2/c1-2-3-4-5-6-7-8-9-16(20)19-15-12-10-14(11-13-15)17(18)21/h10-13H,2-9H2,1H3,(H2,18,21)(H,19,20). The topological polar surface area (TPSA) is 72.2 Å². The van der Waals surface area contributed by atoms with E-state index in [0.717, 1.165) is 12.8 Å². The van der Waals surface area contributed by atoms with Crippen molar-refractivity contribution in [1.82, 2.24) is 0 Å². The normalized spacial score (nSPS) is 10.3. The largest absolute Gasteiger partial charge is 0.366 e. The van der Waals surface area contributed by atoms with Gasteiger partial charge >= 0.3 is 0 Å². The van der Waals surface area contributed by atoms with E-state index in [4.69, 9.17) is 5.73 Å². The summed E-state index contributed by atoms with van der Waals surface area (Å²) in [5, 5.41) is 2.83. The van der Waals surface area contributed by atoms with Gasteiger partial charge in [0.2, 0.25) is 11.8 Å². The van der Waals surface area contributed by atoms with E-state index >= 15 is 0 Å². The van der Waals surface area contributed by atoms with Gasteiger partial charge in [-0.15, -0.1) is 0 Å². The van der Waals surface area contributed by atoms with Gasteiger partial charge in [-0.1, -0.05) is 45.4 Å². The van der Waals surface area contributed by atoms with E-state index in [1.807, 2.05) is 0 Å². The van der Waals surface area contributed by atoms with Crippen molar-refractivity contribution in [2.24, 2.45) is 5.73 Å². The van der Waals surface area contributed by atoms with E-state index in [9.17, 15) is 9.59 Å². The summed E-state index contributed by atoms with van der Waals surface area (Å²) in [6.45, 7) is 2.21. The van der Waals surface area contributed by atoms with Gasteiger partial charge in [-0.3, -0.25) is 9.59 Å². The Bertz CT molecular complexity index is 441. The molecular formula is C17H26N2O2. The molecular weight excluding hydrogens is 264 g/mol. The average molecular weight is 290 g/mol. The summed E-state index contributed by atoms with van der Waals surface area (Å²) in [4.78, 5) is 22.7. The van der Waals surface area contributed by atoms with E-state index in [1.54, 1.807) is 24.3 Å². The van der Waals surface area contributed by atoms with Gasteiger partial charge in [-0.25, -0.2) is 0 Å². The van der Waals surface area contributed by atoms with Crippen molar-refractivity contribution in [1.29, 1.82) is 0 Å². The van der Waals surface area contributed by atoms with Gasteiger partial charge in [0.25, 0.3) is 0 Å². The second-order valence-electron chi connectivity index (χ2n) is 5.36. The van der Waals surface area contributed by atoms with Crippen LogP contribution in [0.3, 0.4) is 0 Å². The Labute approximate surface area is 127 Å². The van der Waals surface area contributed by atoms with Crippen LogP contribution >= 0.6 is 0 Å². The first-order valence-corrected chi connectivity index (χ1v) is 7.83. The molecule has 0 heterocycles. The molecule has 0 aliphatic heterocycles. The number of unbranched alkanes of at least 4 members (excludes halogenated alkanes) is 6. The Kier molecular flexibility index (Phi) is 8.17. The zero-order chi connectivity index (χ0) is 15.5. The molecule has 116 valence electrons. The Morgan fingerprint density at radius 3 is 2.10 bits per heavy atom. The average Bonchev–Trinajstić information content (AvgIpc) is 2.47. The Morgan fingerprint density at radius 2 is 1.52 bits per heavy atom. The Hall–Kier alpha value is -1.84. The second kappa shape index (κ2) is 9.97. The zero-order valence-electron chi connectivity index (χ0n) is 12.9. The van der Waals surface area contributed by atoms with Crippen LogP contribution in [0.5, 0.6) is 0 Å². The molecule has 0 aromatic heterocycles. The lowest BCUT2D eigenvalue weighted by molar-refractivity contribution is -0.116. The highest BCUT2D eigenvalue weighted by molar-refractivity contribution is 5.94. The number of carbonyl (C=O) groups is 2. The molecule has 0 saturated carbocycles. The highest BCUT2D eigenvalue weighted by atomic mass is 16.1. The molecule has 0 spiro atoms. The van der Waals surface area contributed by atoms with Gasteiger partial charge in [0.15, 0.2) is 0 Å². The van der Waals surface area contributed by atoms with Gasteiger partial charge < -0.3 is 11.1 Å². The molecule has 1 aromatic rings. The van der Waals surface area contributed by atoms with Crippen LogP contribution < -0.4 is 11.1 Å². The molecule has 2 amide bonds. The predicted octanol–water partition coefficient (Wildman–Crippen LogP) is 3.86. The van der Waals surface area contributed by atoms with Crippen LogP contribution in [0.2, 0.25) is 0 Å². The van der Waals surface area contributed by atoms with Crippen molar-refractivity contribution >= 4 is 17.5 Å². The smallest absolute Gasteiger partial charge is 0.248 e. The number of hydrogen-bond donors (Lipinski definition) is 2. The number of primary amides is 1. The molecule has 3 N–H and O–H groups in total. The lowest BCUT2D eigenvalue weighted by Gasteiger charge is -2.06. The minimum absolute atomic E-state index is 0.0235. The molecule has 0 bridgehead atoms. The number of amides is 2. The van der Waals surface area contributed by atoms with Crippen molar-refractivity contribution in [3.63, 3.8) is 0 Å². The van der Waals surface area contributed by atoms with Crippen molar-refractivity contribution < 1.29 is 9.59 Å². The Balaban J connectivity index is 2.17. The maximum Gasteiger partial charge on any atom is 0.248 e. The number of hydrogen-bond acceptors (Lipinski definition) is 2. The predicted molar refractivity (Wildman–Crippen MR) is 86.2 cm³/mol. The summed E-state index contributed by atoms with van der Waals surface area (Å²) in [6, 6.07) is 6.63. The van der Waals surface area contributed by atoms with Crippen LogP contribution in [0.1, 0.15) is 68.6 Å². The fourth-order valence-corrected chi connectivity index (χ4v) is 2.18. The molecule has 0 saturated heterocycles. The van der Waals surface area contributed by atoms with Gasteiger partial charge in [0, 0.05) is 17.7 Å². The summed E-state index contributed by atoms with van der Waals surface area (Å²) >= 11 is 0. The maximum atomic E-state index is 11.8. The highest BCUT2D eigenvalue weighted by Crippen LogP contribution is 2.12. The van der Waals surface area contributed by atoms with Crippen molar-refractivity contribution in [3.8, 4) is 0 Å². The third-order valence-electron chi connectivity index (χ3n) is 3.46. The number of anilines is 1. The molecule has 1 aromatic carbocycles. The lowest BCUT2D eigenvalue weighted by atomic mass is 10.1. The third kappa shape index (κ3) is 7.49. The molecule has 4 heteroatoms. The first kappa shape index (κ1) is 17.2. The maximum absolute atomic E-state index is 11.8. The monoisotopic (exact) mass is 290 g/mol. The van der Waals surface area contributed by atoms with E-state index in [1.165, 1.54) is 32.1 Å². The quantitative estimate of drug-likeness (QED) is 0.642. The van der Waals surface area contributed by atoms with E-state index in [2.05, 4.69) is 12.2 Å². The van der Waals surface area contributed by atoms with Crippen molar-refractivity contribution in [2.45, 2.75) is 58.3 Å². The van der Waals surface area contributed by atoms with Crippen molar-refractivity contribution in [2.75, 3.05) is 5.32 Å². The van der Waals surface area contributed by atoms with Gasteiger partial charge in [-0.05, 0) is 30.7 Å². The fourth-order valence-electron chi connectivity index (χ4n) is 2.18. The third-order valence-corrected chi connectivity index (χ3v) is 3.46. The van der Waals surface area contributed by atoms with Crippen LogP contribution in [0.25, 0.3) is 0 Å². The first-order chi connectivity index (χ1) is 10.1. The summed E-state index contributed by atoms with van der Waals surface area (Å²) in [6.07, 6.45) is 8.93. The summed E-state index contributed by atoms with van der Waals surface area (Å²) in [5.74, 6) is -0.439. The van der Waals surface area contributed by atoms with Crippen LogP contribution in [-0.4, -0.2) is 11.8 Å². The van der Waals surface area contributed by atoms with Crippen LogP contribution in [0.4, 0.5) is 5.69 Å². The van der Waals surface area contributed by atoms with Gasteiger partial charge in [-0.2, -0.15) is 0 Å². The molecule has 0 fully saturated rings. The second-order valence-corrected chi connectivity index (χ2v) is 5.36. The number of rotatable bonds is 10. The first-order valence-electron chi connectivity index (χ1n) is 7.83. The number of carbonyl (C=O) groups excluding carboxylic acids is 2. The van der Waals surface area contributed by atoms with Gasteiger partial charge in [0.1, 0.15) is 0 Å². The minimum Gasteiger partial charge on any atom is -0.366 e. The molecule has 0 aliphatic carbocycles. The molecule has 0 atom stereocenters. The molecule has 0 aliphatic rings. The lowest BCUT2D eigenvalue weighted by Crippen LogP contribution is -2.13. The fraction of sp³-hybridized carbons (Fsp3) is 0.529. The zero-order valence-corrected chi connectivity index (χ0v) is 12.9. The van der Waals surface area contributed by atoms with E-state index in [-0.39, 0.29) is 5.91 Å². The number of benzene rings is 1. The summed E-state index contributed by atoms with van der Waals surface area (Å²) < 4.78 is 0. The molecule has 21 heavy (non-hydrogen) atoms. The van der Waals surface area contributed by atoms with Crippen LogP contribution in [0, 0.1) is 0 Å². The highest BCUT2D eigenvalue weighted by Gasteiger charge is 2.04.